The molecule has 3 nitrogen and oxygen atoms in total. The molecular weight excluding hydrogens is 303 g/mol. The Balaban J connectivity index is 1.57. The van der Waals surface area contributed by atoms with Gasteiger partial charge < -0.3 is 10.6 Å². The van der Waals surface area contributed by atoms with Crippen LogP contribution in [0, 0.1) is 5.82 Å². The fourth-order valence-corrected chi connectivity index (χ4v) is 2.32. The van der Waals surface area contributed by atoms with Crippen LogP contribution in [0.4, 0.5) is 21.5 Å². The van der Waals surface area contributed by atoms with E-state index in [1.165, 1.54) is 12.1 Å². The SMILES string of the molecule is O=C(Cc1ccc(F)cc1)Nc1ccc(Nc2ccccc2)cc1. The summed E-state index contributed by atoms with van der Waals surface area (Å²) in [5.74, 6) is -0.439. The van der Waals surface area contributed by atoms with Crippen molar-refractivity contribution in [2.45, 2.75) is 6.42 Å². The zero-order chi connectivity index (χ0) is 16.8. The standard InChI is InChI=1S/C20H17FN2O/c21-16-8-6-15(7-9-16)14-20(24)23-19-12-10-18(11-13-19)22-17-4-2-1-3-5-17/h1-13,22H,14H2,(H,23,24). The molecule has 0 saturated heterocycles. The van der Waals surface area contributed by atoms with Gasteiger partial charge in [0.2, 0.25) is 5.91 Å². The van der Waals surface area contributed by atoms with Crippen molar-refractivity contribution >= 4 is 23.0 Å². The van der Waals surface area contributed by atoms with Crippen molar-refractivity contribution in [1.82, 2.24) is 0 Å². The molecule has 0 spiro atoms. The summed E-state index contributed by atoms with van der Waals surface area (Å²) in [7, 11) is 0. The molecule has 120 valence electrons. The number of carbonyl (C=O) groups is 1. The molecule has 0 unspecified atom stereocenters. The zero-order valence-electron chi connectivity index (χ0n) is 13.0. The fourth-order valence-electron chi connectivity index (χ4n) is 2.32. The molecule has 0 bridgehead atoms. The Morgan fingerprint density at radius 1 is 0.750 bits per heavy atom. The molecular formula is C20H17FN2O. The van der Waals surface area contributed by atoms with Gasteiger partial charge in [0.05, 0.1) is 6.42 Å². The van der Waals surface area contributed by atoms with Crippen LogP contribution >= 0.6 is 0 Å². The molecule has 1 amide bonds. The number of hydrogen-bond acceptors (Lipinski definition) is 2. The Labute approximate surface area is 140 Å². The molecule has 0 aromatic heterocycles. The lowest BCUT2D eigenvalue weighted by Crippen LogP contribution is -2.14. The average molecular weight is 320 g/mol. The molecule has 3 aromatic rings. The second-order valence-electron chi connectivity index (χ2n) is 5.42. The summed E-state index contributed by atoms with van der Waals surface area (Å²) in [5, 5.41) is 6.12. The Bertz CT molecular complexity index is 799. The van der Waals surface area contributed by atoms with E-state index in [1.807, 2.05) is 54.6 Å². The highest BCUT2D eigenvalue weighted by molar-refractivity contribution is 5.92. The van der Waals surface area contributed by atoms with Crippen molar-refractivity contribution in [1.29, 1.82) is 0 Å². The molecule has 0 atom stereocenters. The Hall–Kier alpha value is -3.14. The first-order valence-corrected chi connectivity index (χ1v) is 7.65. The topological polar surface area (TPSA) is 41.1 Å². The van der Waals surface area contributed by atoms with Crippen LogP contribution in [-0.4, -0.2) is 5.91 Å². The van der Waals surface area contributed by atoms with E-state index in [9.17, 15) is 9.18 Å². The summed E-state index contributed by atoms with van der Waals surface area (Å²) in [6.45, 7) is 0. The smallest absolute Gasteiger partial charge is 0.228 e. The number of amides is 1. The number of rotatable bonds is 5. The largest absolute Gasteiger partial charge is 0.356 e. The molecule has 3 rings (SSSR count). The van der Waals surface area contributed by atoms with Crippen LogP contribution in [-0.2, 0) is 11.2 Å². The number of nitrogens with one attached hydrogen (secondary N) is 2. The lowest BCUT2D eigenvalue weighted by Gasteiger charge is -2.09. The lowest BCUT2D eigenvalue weighted by atomic mass is 10.1. The van der Waals surface area contributed by atoms with Crippen LogP contribution in [0.5, 0.6) is 0 Å². The van der Waals surface area contributed by atoms with Crippen LogP contribution in [0.3, 0.4) is 0 Å². The molecule has 0 saturated carbocycles. The van der Waals surface area contributed by atoms with Crippen molar-refractivity contribution in [3.63, 3.8) is 0 Å². The van der Waals surface area contributed by atoms with Gasteiger partial charge in [0.15, 0.2) is 0 Å². The third-order valence-corrected chi connectivity index (χ3v) is 3.51. The number of benzene rings is 3. The van der Waals surface area contributed by atoms with Gasteiger partial charge in [-0.15, -0.1) is 0 Å². The summed E-state index contributed by atoms with van der Waals surface area (Å²) >= 11 is 0. The quantitative estimate of drug-likeness (QED) is 0.712. The molecule has 0 aliphatic rings. The van der Waals surface area contributed by atoms with Crippen molar-refractivity contribution in [2.75, 3.05) is 10.6 Å². The summed E-state index contributed by atoms with van der Waals surface area (Å²) < 4.78 is 12.9. The molecule has 2 N–H and O–H groups in total. The number of carbonyl (C=O) groups excluding carboxylic acids is 1. The predicted octanol–water partition coefficient (Wildman–Crippen LogP) is 4.75. The van der Waals surface area contributed by atoms with E-state index in [0.29, 0.717) is 0 Å². The summed E-state index contributed by atoms with van der Waals surface area (Å²) in [6.07, 6.45) is 0.213. The van der Waals surface area contributed by atoms with Crippen molar-refractivity contribution in [3.8, 4) is 0 Å². The number of anilines is 3. The number of para-hydroxylation sites is 1. The second kappa shape index (κ2) is 7.42. The molecule has 4 heteroatoms. The van der Waals surface area contributed by atoms with E-state index in [2.05, 4.69) is 10.6 Å². The van der Waals surface area contributed by atoms with E-state index in [-0.39, 0.29) is 18.1 Å². The molecule has 0 aliphatic heterocycles. The van der Waals surface area contributed by atoms with Crippen LogP contribution in [0.25, 0.3) is 0 Å². The van der Waals surface area contributed by atoms with E-state index < -0.39 is 0 Å². The lowest BCUT2D eigenvalue weighted by molar-refractivity contribution is -0.115. The third-order valence-electron chi connectivity index (χ3n) is 3.51. The highest BCUT2D eigenvalue weighted by Gasteiger charge is 2.04. The Morgan fingerprint density at radius 2 is 1.33 bits per heavy atom. The van der Waals surface area contributed by atoms with E-state index >= 15 is 0 Å². The maximum Gasteiger partial charge on any atom is 0.228 e. The van der Waals surface area contributed by atoms with E-state index in [1.54, 1.807) is 12.1 Å². The van der Waals surface area contributed by atoms with Crippen molar-refractivity contribution < 1.29 is 9.18 Å². The molecule has 24 heavy (non-hydrogen) atoms. The molecule has 0 heterocycles. The van der Waals surface area contributed by atoms with Crippen molar-refractivity contribution in [2.24, 2.45) is 0 Å². The minimum absolute atomic E-state index is 0.134. The minimum atomic E-state index is -0.305. The summed E-state index contributed by atoms with van der Waals surface area (Å²) in [5.41, 5.74) is 3.44. The summed E-state index contributed by atoms with van der Waals surface area (Å²) in [4.78, 5) is 12.0. The third kappa shape index (κ3) is 4.43. The summed E-state index contributed by atoms with van der Waals surface area (Å²) in [6, 6.07) is 23.3. The second-order valence-corrected chi connectivity index (χ2v) is 5.42. The van der Waals surface area contributed by atoms with Gasteiger partial charge in [-0.3, -0.25) is 4.79 Å². The maximum atomic E-state index is 12.9. The molecule has 0 fully saturated rings. The highest BCUT2D eigenvalue weighted by Crippen LogP contribution is 2.18. The first-order valence-electron chi connectivity index (χ1n) is 7.65. The zero-order valence-corrected chi connectivity index (χ0v) is 13.0. The fraction of sp³-hybridized carbons (Fsp3) is 0.0500. The van der Waals surface area contributed by atoms with Gasteiger partial charge >= 0.3 is 0 Å². The van der Waals surface area contributed by atoms with Crippen LogP contribution < -0.4 is 10.6 Å². The minimum Gasteiger partial charge on any atom is -0.356 e. The highest BCUT2D eigenvalue weighted by atomic mass is 19.1. The van der Waals surface area contributed by atoms with Gasteiger partial charge in [0.1, 0.15) is 5.82 Å². The van der Waals surface area contributed by atoms with Crippen molar-refractivity contribution in [3.05, 3.63) is 90.2 Å². The maximum absolute atomic E-state index is 12.9. The monoisotopic (exact) mass is 320 g/mol. The van der Waals surface area contributed by atoms with Crippen LogP contribution in [0.2, 0.25) is 0 Å². The van der Waals surface area contributed by atoms with Gasteiger partial charge in [-0.05, 0) is 54.1 Å². The number of hydrogen-bond donors (Lipinski definition) is 2. The van der Waals surface area contributed by atoms with Crippen LogP contribution in [0.15, 0.2) is 78.9 Å². The predicted molar refractivity (Wildman–Crippen MR) is 94.9 cm³/mol. The van der Waals surface area contributed by atoms with Gasteiger partial charge in [0.25, 0.3) is 0 Å². The first-order chi connectivity index (χ1) is 11.7. The average Bonchev–Trinajstić information content (AvgIpc) is 2.60. The molecule has 0 radical (unpaired) electrons. The van der Waals surface area contributed by atoms with E-state index in [4.69, 9.17) is 0 Å². The first kappa shape index (κ1) is 15.7. The van der Waals surface area contributed by atoms with Gasteiger partial charge in [0, 0.05) is 17.1 Å². The number of halogens is 1. The van der Waals surface area contributed by atoms with E-state index in [0.717, 1.165) is 22.6 Å². The van der Waals surface area contributed by atoms with Gasteiger partial charge in [-0.1, -0.05) is 30.3 Å². The van der Waals surface area contributed by atoms with Gasteiger partial charge in [-0.2, -0.15) is 0 Å². The normalized spacial score (nSPS) is 10.2. The van der Waals surface area contributed by atoms with Gasteiger partial charge in [-0.25, -0.2) is 4.39 Å². The Morgan fingerprint density at radius 3 is 2.00 bits per heavy atom. The molecule has 0 aliphatic carbocycles. The Kier molecular flexibility index (Phi) is 4.87. The van der Waals surface area contributed by atoms with Crippen LogP contribution in [0.1, 0.15) is 5.56 Å². The molecule has 3 aromatic carbocycles.